The lowest BCUT2D eigenvalue weighted by molar-refractivity contribution is 0.148. The molecule has 0 saturated heterocycles. The molecule has 0 heterocycles. The first-order valence-electron chi connectivity index (χ1n) is 6.61. The molecule has 0 aliphatic heterocycles. The van der Waals surface area contributed by atoms with Gasteiger partial charge in [0.1, 0.15) is 0 Å². The molecule has 2 aliphatic rings. The van der Waals surface area contributed by atoms with Gasteiger partial charge in [0, 0.05) is 12.1 Å². The summed E-state index contributed by atoms with van der Waals surface area (Å²) in [5, 5.41) is 3.71. The molecule has 0 aromatic heterocycles. The number of hydrogen-bond donors (Lipinski definition) is 1. The van der Waals surface area contributed by atoms with E-state index in [4.69, 9.17) is 0 Å². The van der Waals surface area contributed by atoms with Gasteiger partial charge in [0.25, 0.3) is 0 Å². The lowest BCUT2D eigenvalue weighted by Gasteiger charge is -2.37. The van der Waals surface area contributed by atoms with Crippen LogP contribution >= 0.6 is 0 Å². The Morgan fingerprint density at radius 3 is 2.27 bits per heavy atom. The molecule has 1 N–H and O–H groups in total. The topological polar surface area (TPSA) is 15.3 Å². The van der Waals surface area contributed by atoms with Gasteiger partial charge in [-0.25, -0.2) is 0 Å². The van der Waals surface area contributed by atoms with Gasteiger partial charge in [-0.05, 0) is 52.2 Å². The van der Waals surface area contributed by atoms with Gasteiger partial charge in [-0.2, -0.15) is 0 Å². The Hall–Kier alpha value is -0.0800. The second-order valence-electron chi connectivity index (χ2n) is 5.75. The van der Waals surface area contributed by atoms with Crippen molar-refractivity contribution in [2.75, 3.05) is 27.2 Å². The average Bonchev–Trinajstić information content (AvgIpc) is 2.59. The van der Waals surface area contributed by atoms with Crippen LogP contribution in [0.4, 0.5) is 0 Å². The van der Waals surface area contributed by atoms with Gasteiger partial charge < -0.3 is 10.2 Å². The Labute approximate surface area is 94.4 Å². The van der Waals surface area contributed by atoms with Crippen molar-refractivity contribution in [1.82, 2.24) is 10.2 Å². The van der Waals surface area contributed by atoms with Crippen molar-refractivity contribution in [3.63, 3.8) is 0 Å². The van der Waals surface area contributed by atoms with E-state index >= 15 is 0 Å². The van der Waals surface area contributed by atoms with Crippen LogP contribution < -0.4 is 5.32 Å². The summed E-state index contributed by atoms with van der Waals surface area (Å²) in [5.41, 5.74) is 0.476. The minimum Gasteiger partial charge on any atom is -0.315 e. The number of nitrogens with one attached hydrogen (secondary N) is 1. The Balaban J connectivity index is 1.73. The molecule has 0 bridgehead atoms. The van der Waals surface area contributed by atoms with Crippen molar-refractivity contribution >= 4 is 0 Å². The van der Waals surface area contributed by atoms with E-state index in [1.54, 1.807) is 0 Å². The molecule has 0 aromatic rings. The molecule has 2 heteroatoms. The summed E-state index contributed by atoms with van der Waals surface area (Å²) in [6.45, 7) is 2.46. The first kappa shape index (κ1) is 11.4. The molecule has 15 heavy (non-hydrogen) atoms. The molecule has 0 spiro atoms. The van der Waals surface area contributed by atoms with Gasteiger partial charge in [0.05, 0.1) is 0 Å². The van der Waals surface area contributed by atoms with Gasteiger partial charge in [0.15, 0.2) is 0 Å². The molecule has 2 fully saturated rings. The molecular formula is C13H26N2. The normalized spacial score (nSPS) is 25.8. The summed E-state index contributed by atoms with van der Waals surface area (Å²) in [6.07, 6.45) is 10.00. The highest BCUT2D eigenvalue weighted by molar-refractivity contribution is 4.94. The molecule has 88 valence electrons. The fourth-order valence-corrected chi connectivity index (χ4v) is 3.02. The number of rotatable bonds is 5. The molecule has 0 atom stereocenters. The van der Waals surface area contributed by atoms with Crippen LogP contribution in [0.1, 0.15) is 44.9 Å². The zero-order chi connectivity index (χ0) is 10.7. The zero-order valence-electron chi connectivity index (χ0n) is 10.4. The van der Waals surface area contributed by atoms with Crippen LogP contribution in [-0.2, 0) is 0 Å². The molecule has 0 amide bonds. The Morgan fingerprint density at radius 2 is 1.80 bits per heavy atom. The van der Waals surface area contributed by atoms with E-state index in [-0.39, 0.29) is 0 Å². The monoisotopic (exact) mass is 210 g/mol. The summed E-state index contributed by atoms with van der Waals surface area (Å²) >= 11 is 0. The second-order valence-corrected chi connectivity index (χ2v) is 5.75. The predicted octanol–water partition coefficient (Wildman–Crippen LogP) is 2.25. The van der Waals surface area contributed by atoms with Crippen LogP contribution in [-0.4, -0.2) is 37.6 Å². The van der Waals surface area contributed by atoms with Crippen molar-refractivity contribution < 1.29 is 0 Å². The standard InChI is InChI=1S/C13H26N2/c1-15(2)13(8-3-4-9-13)11-14-10-12-6-5-7-12/h12,14H,3-11H2,1-2H3. The molecular weight excluding hydrogens is 184 g/mol. The van der Waals surface area contributed by atoms with Crippen LogP contribution in [0.25, 0.3) is 0 Å². The van der Waals surface area contributed by atoms with Crippen LogP contribution in [0.5, 0.6) is 0 Å². The van der Waals surface area contributed by atoms with Crippen molar-refractivity contribution in [3.05, 3.63) is 0 Å². The minimum atomic E-state index is 0.476. The third-order valence-electron chi connectivity index (χ3n) is 4.59. The second kappa shape index (κ2) is 4.84. The molecule has 2 saturated carbocycles. The number of hydrogen-bond acceptors (Lipinski definition) is 2. The van der Waals surface area contributed by atoms with Crippen molar-refractivity contribution in [2.45, 2.75) is 50.5 Å². The van der Waals surface area contributed by atoms with Gasteiger partial charge in [0.2, 0.25) is 0 Å². The lowest BCUT2D eigenvalue weighted by atomic mass is 9.85. The highest BCUT2D eigenvalue weighted by Crippen LogP contribution is 2.33. The summed E-state index contributed by atoms with van der Waals surface area (Å²) in [7, 11) is 4.49. The van der Waals surface area contributed by atoms with E-state index in [2.05, 4.69) is 24.3 Å². The quantitative estimate of drug-likeness (QED) is 0.749. The van der Waals surface area contributed by atoms with E-state index in [0.717, 1.165) is 5.92 Å². The summed E-state index contributed by atoms with van der Waals surface area (Å²) in [6, 6.07) is 0. The summed E-state index contributed by atoms with van der Waals surface area (Å²) < 4.78 is 0. The van der Waals surface area contributed by atoms with Gasteiger partial charge in [-0.3, -0.25) is 0 Å². The fraction of sp³-hybridized carbons (Fsp3) is 1.00. The maximum Gasteiger partial charge on any atom is 0.0327 e. The molecule has 2 nitrogen and oxygen atoms in total. The van der Waals surface area contributed by atoms with E-state index < -0.39 is 0 Å². The van der Waals surface area contributed by atoms with Crippen molar-refractivity contribution in [2.24, 2.45) is 5.92 Å². The maximum atomic E-state index is 3.71. The molecule has 0 radical (unpaired) electrons. The molecule has 2 rings (SSSR count). The van der Waals surface area contributed by atoms with Crippen LogP contribution in [0, 0.1) is 5.92 Å². The Bertz CT molecular complexity index is 191. The SMILES string of the molecule is CN(C)C1(CNCC2CCC2)CCCC1. The summed E-state index contributed by atoms with van der Waals surface area (Å²) in [5.74, 6) is 0.991. The predicted molar refractivity (Wildman–Crippen MR) is 65.1 cm³/mol. The lowest BCUT2D eigenvalue weighted by Crippen LogP contribution is -2.50. The zero-order valence-corrected chi connectivity index (χ0v) is 10.4. The van der Waals surface area contributed by atoms with Crippen molar-refractivity contribution in [3.8, 4) is 0 Å². The first-order chi connectivity index (χ1) is 7.23. The minimum absolute atomic E-state index is 0.476. The van der Waals surface area contributed by atoms with E-state index in [1.165, 1.54) is 58.0 Å². The Kier molecular flexibility index (Phi) is 3.68. The van der Waals surface area contributed by atoms with E-state index in [0.29, 0.717) is 5.54 Å². The van der Waals surface area contributed by atoms with E-state index in [9.17, 15) is 0 Å². The van der Waals surface area contributed by atoms with Crippen LogP contribution in [0.15, 0.2) is 0 Å². The number of nitrogens with zero attached hydrogens (tertiary/aromatic N) is 1. The largest absolute Gasteiger partial charge is 0.315 e. The smallest absolute Gasteiger partial charge is 0.0327 e. The fourth-order valence-electron chi connectivity index (χ4n) is 3.02. The van der Waals surface area contributed by atoms with Crippen molar-refractivity contribution in [1.29, 1.82) is 0 Å². The number of likely N-dealkylation sites (N-methyl/N-ethyl adjacent to an activating group) is 1. The highest BCUT2D eigenvalue weighted by Gasteiger charge is 2.35. The molecule has 0 unspecified atom stereocenters. The van der Waals surface area contributed by atoms with Gasteiger partial charge in [-0.15, -0.1) is 0 Å². The van der Waals surface area contributed by atoms with E-state index in [1.807, 2.05) is 0 Å². The van der Waals surface area contributed by atoms with Gasteiger partial charge >= 0.3 is 0 Å². The Morgan fingerprint density at radius 1 is 1.13 bits per heavy atom. The maximum absolute atomic E-state index is 3.71. The van der Waals surface area contributed by atoms with Gasteiger partial charge in [-0.1, -0.05) is 19.3 Å². The van der Waals surface area contributed by atoms with Crippen LogP contribution in [0.2, 0.25) is 0 Å². The summed E-state index contributed by atoms with van der Waals surface area (Å²) in [4.78, 5) is 2.45. The third-order valence-corrected chi connectivity index (χ3v) is 4.59. The highest BCUT2D eigenvalue weighted by atomic mass is 15.2. The first-order valence-corrected chi connectivity index (χ1v) is 6.61. The van der Waals surface area contributed by atoms with Crippen LogP contribution in [0.3, 0.4) is 0 Å². The molecule has 0 aromatic carbocycles. The average molecular weight is 210 g/mol. The molecule has 2 aliphatic carbocycles. The third kappa shape index (κ3) is 2.54.